The van der Waals surface area contributed by atoms with Crippen molar-refractivity contribution in [3.8, 4) is 0 Å². The number of hydrogen-bond donors (Lipinski definition) is 1. The number of nitrogens with zero attached hydrogens (tertiary/aromatic N) is 1. The summed E-state index contributed by atoms with van der Waals surface area (Å²) in [6.45, 7) is 0. The second-order valence-electron chi connectivity index (χ2n) is 7.25. The second kappa shape index (κ2) is 6.98. The van der Waals surface area contributed by atoms with Crippen LogP contribution in [0.25, 0.3) is 0 Å². The van der Waals surface area contributed by atoms with Crippen LogP contribution in [0, 0.1) is 0 Å². The van der Waals surface area contributed by atoms with Gasteiger partial charge in [-0.3, -0.25) is 0 Å². The first-order valence-corrected chi connectivity index (χ1v) is 9.48. The fourth-order valence-electron chi connectivity index (χ4n) is 4.42. The Bertz CT molecular complexity index is 648. The first-order valence-electron chi connectivity index (χ1n) is 9.48. The predicted octanol–water partition coefficient (Wildman–Crippen LogP) is 5.01. The molecule has 1 fully saturated rings. The number of fused-ring (bicyclic) bond motifs is 2. The molecule has 0 bridgehead atoms. The van der Waals surface area contributed by atoms with Crippen LogP contribution in [0.15, 0.2) is 48.5 Å². The number of aryl methyl sites for hydroxylation is 2. The largest absolute Gasteiger partial charge is 0.391 e. The monoisotopic (exact) mass is 321 g/mol. The molecule has 0 unspecified atom stereocenters. The van der Waals surface area contributed by atoms with Crippen LogP contribution in [-0.4, -0.2) is 17.3 Å². The van der Waals surface area contributed by atoms with Gasteiger partial charge in [0.1, 0.15) is 0 Å². The Morgan fingerprint density at radius 3 is 1.88 bits per heavy atom. The van der Waals surface area contributed by atoms with E-state index in [2.05, 4.69) is 53.4 Å². The molecule has 0 radical (unpaired) electrons. The lowest BCUT2D eigenvalue weighted by Gasteiger charge is -2.39. The molecule has 2 aliphatic rings. The molecule has 2 atom stereocenters. The van der Waals surface area contributed by atoms with Crippen LogP contribution in [0.4, 0.5) is 11.4 Å². The first-order chi connectivity index (χ1) is 11.8. The zero-order chi connectivity index (χ0) is 16.4. The van der Waals surface area contributed by atoms with Gasteiger partial charge < -0.3 is 10.0 Å². The minimum absolute atomic E-state index is 0.186. The minimum Gasteiger partial charge on any atom is -0.391 e. The highest BCUT2D eigenvalue weighted by Crippen LogP contribution is 2.40. The summed E-state index contributed by atoms with van der Waals surface area (Å²) in [6, 6.07) is 17.7. The second-order valence-corrected chi connectivity index (χ2v) is 7.25. The van der Waals surface area contributed by atoms with Gasteiger partial charge in [0, 0.05) is 11.4 Å². The van der Waals surface area contributed by atoms with Crippen LogP contribution >= 0.6 is 0 Å². The van der Waals surface area contributed by atoms with Crippen molar-refractivity contribution in [1.29, 1.82) is 0 Å². The van der Waals surface area contributed by atoms with Crippen molar-refractivity contribution in [2.75, 3.05) is 4.90 Å². The molecule has 24 heavy (non-hydrogen) atoms. The van der Waals surface area contributed by atoms with Crippen LogP contribution in [0.5, 0.6) is 0 Å². The van der Waals surface area contributed by atoms with E-state index in [1.165, 1.54) is 41.8 Å². The summed E-state index contributed by atoms with van der Waals surface area (Å²) in [4.78, 5) is 2.47. The SMILES string of the molecule is O[C@@H]1CCCCCC[C@H]1N1c2ccccc2CCc2ccccc21. The maximum Gasteiger partial charge on any atom is 0.0747 e. The molecule has 4 rings (SSSR count). The van der Waals surface area contributed by atoms with Crippen LogP contribution in [0.3, 0.4) is 0 Å². The Labute approximate surface area is 145 Å². The fraction of sp³-hybridized carbons (Fsp3) is 0.455. The van der Waals surface area contributed by atoms with Crippen molar-refractivity contribution in [3.05, 3.63) is 59.7 Å². The zero-order valence-electron chi connectivity index (χ0n) is 14.3. The van der Waals surface area contributed by atoms with E-state index in [1.54, 1.807) is 0 Å². The third kappa shape index (κ3) is 2.95. The Balaban J connectivity index is 1.82. The lowest BCUT2D eigenvalue weighted by atomic mass is 9.92. The van der Waals surface area contributed by atoms with Gasteiger partial charge in [-0.2, -0.15) is 0 Å². The normalized spacial score (nSPS) is 24.3. The van der Waals surface area contributed by atoms with Crippen molar-refractivity contribution in [2.45, 2.75) is 63.5 Å². The van der Waals surface area contributed by atoms with Crippen LogP contribution < -0.4 is 4.90 Å². The van der Waals surface area contributed by atoms with E-state index >= 15 is 0 Å². The maximum atomic E-state index is 10.9. The van der Waals surface area contributed by atoms with E-state index < -0.39 is 0 Å². The quantitative estimate of drug-likeness (QED) is 0.798. The molecule has 2 aromatic rings. The third-order valence-electron chi connectivity index (χ3n) is 5.69. The summed E-state index contributed by atoms with van der Waals surface area (Å²) in [5.74, 6) is 0. The van der Waals surface area contributed by atoms with Gasteiger partial charge in [-0.1, -0.05) is 62.1 Å². The standard InChI is InChI=1S/C22H27NO/c24-22-14-4-2-1-3-13-21(22)23-19-11-7-5-9-17(19)15-16-18-10-6-8-12-20(18)23/h5-12,21-22,24H,1-4,13-16H2/t21-,22-/m1/s1. The Morgan fingerprint density at radius 1 is 0.708 bits per heavy atom. The number of rotatable bonds is 1. The van der Waals surface area contributed by atoms with Crippen LogP contribution in [-0.2, 0) is 12.8 Å². The molecule has 1 heterocycles. The van der Waals surface area contributed by atoms with E-state index in [-0.39, 0.29) is 12.1 Å². The Morgan fingerprint density at radius 2 is 1.25 bits per heavy atom. The van der Waals surface area contributed by atoms with Gasteiger partial charge in [-0.25, -0.2) is 0 Å². The molecule has 1 aliphatic heterocycles. The third-order valence-corrected chi connectivity index (χ3v) is 5.69. The van der Waals surface area contributed by atoms with E-state index in [4.69, 9.17) is 0 Å². The summed E-state index contributed by atoms with van der Waals surface area (Å²) in [5.41, 5.74) is 5.41. The Hall–Kier alpha value is -1.80. The average molecular weight is 321 g/mol. The van der Waals surface area contributed by atoms with E-state index in [0.29, 0.717) is 0 Å². The first kappa shape index (κ1) is 15.7. The molecule has 0 saturated heterocycles. The summed E-state index contributed by atoms with van der Waals surface area (Å²) < 4.78 is 0. The van der Waals surface area contributed by atoms with Gasteiger partial charge in [0.15, 0.2) is 0 Å². The van der Waals surface area contributed by atoms with Gasteiger partial charge in [-0.05, 0) is 48.9 Å². The molecule has 0 aromatic heterocycles. The number of aliphatic hydroxyl groups is 1. The zero-order valence-corrected chi connectivity index (χ0v) is 14.3. The highest BCUT2D eigenvalue weighted by molar-refractivity contribution is 5.72. The van der Waals surface area contributed by atoms with Crippen molar-refractivity contribution in [2.24, 2.45) is 0 Å². The van der Waals surface area contributed by atoms with Gasteiger partial charge >= 0.3 is 0 Å². The molecular weight excluding hydrogens is 294 g/mol. The minimum atomic E-state index is -0.246. The predicted molar refractivity (Wildman–Crippen MR) is 99.9 cm³/mol. The summed E-state index contributed by atoms with van der Waals surface area (Å²) in [7, 11) is 0. The number of anilines is 2. The summed E-state index contributed by atoms with van der Waals surface area (Å²) >= 11 is 0. The number of aliphatic hydroxyl groups excluding tert-OH is 1. The van der Waals surface area contributed by atoms with Crippen molar-refractivity contribution < 1.29 is 5.11 Å². The molecule has 2 heteroatoms. The van der Waals surface area contributed by atoms with E-state index in [9.17, 15) is 5.11 Å². The smallest absolute Gasteiger partial charge is 0.0747 e. The molecule has 1 N–H and O–H groups in total. The topological polar surface area (TPSA) is 23.5 Å². The fourth-order valence-corrected chi connectivity index (χ4v) is 4.42. The van der Waals surface area contributed by atoms with E-state index in [1.807, 2.05) is 0 Å². The highest BCUT2D eigenvalue weighted by Gasteiger charge is 2.31. The average Bonchev–Trinajstić information content (AvgIpc) is 2.76. The van der Waals surface area contributed by atoms with Gasteiger partial charge in [0.25, 0.3) is 0 Å². The number of hydrogen-bond acceptors (Lipinski definition) is 2. The highest BCUT2D eigenvalue weighted by atomic mass is 16.3. The van der Waals surface area contributed by atoms with Gasteiger partial charge in [-0.15, -0.1) is 0 Å². The van der Waals surface area contributed by atoms with Crippen molar-refractivity contribution >= 4 is 11.4 Å². The molecule has 0 spiro atoms. The molecular formula is C22H27NO. The molecule has 2 nitrogen and oxygen atoms in total. The van der Waals surface area contributed by atoms with Crippen LogP contribution in [0.2, 0.25) is 0 Å². The molecule has 2 aromatic carbocycles. The summed E-state index contributed by atoms with van der Waals surface area (Å²) in [5, 5.41) is 10.9. The lowest BCUT2D eigenvalue weighted by molar-refractivity contribution is 0.120. The van der Waals surface area contributed by atoms with Crippen LogP contribution in [0.1, 0.15) is 49.7 Å². The van der Waals surface area contributed by atoms with Crippen molar-refractivity contribution in [3.63, 3.8) is 0 Å². The van der Waals surface area contributed by atoms with Crippen molar-refractivity contribution in [1.82, 2.24) is 0 Å². The molecule has 0 amide bonds. The molecule has 126 valence electrons. The summed E-state index contributed by atoms with van der Waals surface area (Å²) in [6.07, 6.45) is 8.81. The van der Waals surface area contributed by atoms with E-state index in [0.717, 1.165) is 32.1 Å². The number of para-hydroxylation sites is 2. The van der Waals surface area contributed by atoms with Gasteiger partial charge in [0.2, 0.25) is 0 Å². The van der Waals surface area contributed by atoms with Gasteiger partial charge in [0.05, 0.1) is 12.1 Å². The maximum absolute atomic E-state index is 10.9. The molecule has 1 saturated carbocycles. The Kier molecular flexibility index (Phi) is 4.57. The molecule has 1 aliphatic carbocycles. The lowest BCUT2D eigenvalue weighted by Crippen LogP contribution is -2.42. The number of benzene rings is 2.